The molecule has 0 saturated carbocycles. The Kier molecular flexibility index (Phi) is 4.34. The lowest BCUT2D eigenvalue weighted by atomic mass is 9.90. The summed E-state index contributed by atoms with van der Waals surface area (Å²) in [6, 6.07) is 7.04. The van der Waals surface area contributed by atoms with Gasteiger partial charge >= 0.3 is 0 Å². The molecule has 1 unspecified atom stereocenters. The quantitative estimate of drug-likeness (QED) is 0.715. The number of fused-ring (bicyclic) bond motifs is 1. The summed E-state index contributed by atoms with van der Waals surface area (Å²) in [7, 11) is 1.33. The number of nitrogen functional groups attached to an aromatic ring is 1. The Morgan fingerprint density at radius 3 is 2.82 bits per heavy atom. The van der Waals surface area contributed by atoms with Gasteiger partial charge in [-0.1, -0.05) is 24.3 Å². The van der Waals surface area contributed by atoms with Crippen molar-refractivity contribution < 1.29 is 13.9 Å². The molecule has 3 aromatic rings. The first-order valence-corrected chi connectivity index (χ1v) is 8.57. The first-order valence-electron chi connectivity index (χ1n) is 8.57. The molecule has 0 bridgehead atoms. The van der Waals surface area contributed by atoms with E-state index in [9.17, 15) is 9.18 Å². The van der Waals surface area contributed by atoms with Gasteiger partial charge in [0.2, 0.25) is 5.95 Å². The highest BCUT2D eigenvalue weighted by molar-refractivity contribution is 5.98. The van der Waals surface area contributed by atoms with Crippen LogP contribution in [0.3, 0.4) is 0 Å². The molecule has 1 aliphatic rings. The van der Waals surface area contributed by atoms with Crippen LogP contribution in [0.15, 0.2) is 30.5 Å². The van der Waals surface area contributed by atoms with Crippen LogP contribution in [0.1, 0.15) is 33.4 Å². The Bertz CT molecular complexity index is 1090. The fraction of sp³-hybridized carbons (Fsp3) is 0.211. The SMILES string of the molecule is COc1nc(-c2ccccc2C2Cc3nc(N)nc(C)c3C(=O)N2)cnc1[18F]. The van der Waals surface area contributed by atoms with Crippen molar-refractivity contribution in [2.24, 2.45) is 0 Å². The van der Waals surface area contributed by atoms with Crippen molar-refractivity contribution in [3.8, 4) is 17.1 Å². The number of carbonyl (C=O) groups is 1. The molecule has 3 heterocycles. The van der Waals surface area contributed by atoms with Gasteiger partial charge < -0.3 is 15.8 Å². The Morgan fingerprint density at radius 2 is 2.04 bits per heavy atom. The Labute approximate surface area is 160 Å². The molecule has 0 aliphatic carbocycles. The Balaban J connectivity index is 1.78. The summed E-state index contributed by atoms with van der Waals surface area (Å²) >= 11 is 0. The number of nitrogens with two attached hydrogens (primary N) is 1. The van der Waals surface area contributed by atoms with Crippen molar-refractivity contribution in [3.63, 3.8) is 0 Å². The normalized spacial score (nSPS) is 15.7. The second-order valence-electron chi connectivity index (χ2n) is 6.36. The van der Waals surface area contributed by atoms with Crippen LogP contribution in [0.4, 0.5) is 10.3 Å². The molecule has 9 heteroatoms. The summed E-state index contributed by atoms with van der Waals surface area (Å²) < 4.78 is 18.6. The Morgan fingerprint density at radius 1 is 1.25 bits per heavy atom. The zero-order valence-electron chi connectivity index (χ0n) is 15.2. The zero-order valence-corrected chi connectivity index (χ0v) is 15.2. The number of aryl methyl sites for hydroxylation is 1. The molecule has 8 nitrogen and oxygen atoms in total. The average molecular weight is 379 g/mol. The van der Waals surface area contributed by atoms with E-state index < -0.39 is 5.95 Å². The maximum Gasteiger partial charge on any atom is 0.275 e. The summed E-state index contributed by atoms with van der Waals surface area (Å²) in [5.41, 5.74) is 9.30. The van der Waals surface area contributed by atoms with Crippen LogP contribution < -0.4 is 15.8 Å². The van der Waals surface area contributed by atoms with Gasteiger partial charge in [-0.25, -0.2) is 19.9 Å². The third-order valence-corrected chi connectivity index (χ3v) is 4.62. The van der Waals surface area contributed by atoms with Crippen LogP contribution >= 0.6 is 0 Å². The van der Waals surface area contributed by atoms with Crippen molar-refractivity contribution in [1.29, 1.82) is 0 Å². The minimum absolute atomic E-state index is 0.132. The van der Waals surface area contributed by atoms with Gasteiger partial charge in [-0.3, -0.25) is 4.79 Å². The third-order valence-electron chi connectivity index (χ3n) is 4.62. The van der Waals surface area contributed by atoms with Gasteiger partial charge in [0.1, 0.15) is 0 Å². The van der Waals surface area contributed by atoms with Gasteiger partial charge in [0.25, 0.3) is 17.7 Å². The number of carbonyl (C=O) groups excluding carboxylic acids is 1. The molecule has 3 N–H and O–H groups in total. The van der Waals surface area contributed by atoms with E-state index in [-0.39, 0.29) is 23.8 Å². The number of rotatable bonds is 3. The van der Waals surface area contributed by atoms with E-state index >= 15 is 0 Å². The maximum absolute atomic E-state index is 13.7. The summed E-state index contributed by atoms with van der Waals surface area (Å²) in [5, 5.41) is 2.99. The lowest BCUT2D eigenvalue weighted by Gasteiger charge is -2.27. The maximum atomic E-state index is 13.7. The van der Waals surface area contributed by atoms with Crippen LogP contribution in [0.2, 0.25) is 0 Å². The van der Waals surface area contributed by atoms with Crippen LogP contribution in [0.25, 0.3) is 11.3 Å². The summed E-state index contributed by atoms with van der Waals surface area (Å²) in [6.45, 7) is 1.73. The van der Waals surface area contributed by atoms with Crippen molar-refractivity contribution in [2.75, 3.05) is 12.8 Å². The molecule has 1 aromatic carbocycles. The largest absolute Gasteiger partial charge is 0.478 e. The molecule has 0 spiro atoms. The van der Waals surface area contributed by atoms with Crippen LogP contribution in [0, 0.1) is 12.9 Å². The molecule has 2 aromatic heterocycles. The van der Waals surface area contributed by atoms with E-state index in [0.29, 0.717) is 34.6 Å². The number of ether oxygens (including phenoxy) is 1. The average Bonchev–Trinajstić information content (AvgIpc) is 2.67. The topological polar surface area (TPSA) is 116 Å². The monoisotopic (exact) mass is 379 g/mol. The first-order chi connectivity index (χ1) is 13.5. The highest BCUT2D eigenvalue weighted by Crippen LogP contribution is 2.33. The van der Waals surface area contributed by atoms with Gasteiger partial charge in [-0.05, 0) is 12.5 Å². The minimum Gasteiger partial charge on any atom is -0.478 e. The number of hydrogen-bond acceptors (Lipinski definition) is 7. The number of nitrogens with one attached hydrogen (secondary N) is 1. The number of methoxy groups -OCH3 is 1. The minimum atomic E-state index is -0.786. The summed E-state index contributed by atoms with van der Waals surface area (Å²) in [6.07, 6.45) is 1.77. The molecular weight excluding hydrogens is 362 g/mol. The lowest BCUT2D eigenvalue weighted by molar-refractivity contribution is 0.0922. The lowest BCUT2D eigenvalue weighted by Crippen LogP contribution is -2.37. The molecule has 1 atom stereocenters. The predicted molar refractivity (Wildman–Crippen MR) is 99.1 cm³/mol. The van der Waals surface area contributed by atoms with E-state index in [1.807, 2.05) is 24.3 Å². The van der Waals surface area contributed by atoms with E-state index in [1.54, 1.807) is 6.92 Å². The molecule has 28 heavy (non-hydrogen) atoms. The first kappa shape index (κ1) is 17.8. The van der Waals surface area contributed by atoms with Crippen molar-refractivity contribution >= 4 is 11.9 Å². The third kappa shape index (κ3) is 3.00. The van der Waals surface area contributed by atoms with Gasteiger partial charge in [-0.15, -0.1) is 0 Å². The number of hydrogen-bond donors (Lipinski definition) is 2. The number of halogens is 1. The fourth-order valence-corrected chi connectivity index (χ4v) is 3.41. The van der Waals surface area contributed by atoms with Crippen molar-refractivity contribution in [2.45, 2.75) is 19.4 Å². The molecule has 142 valence electrons. The second kappa shape index (κ2) is 6.84. The van der Waals surface area contributed by atoms with E-state index in [2.05, 4.69) is 25.3 Å². The van der Waals surface area contributed by atoms with Crippen molar-refractivity contribution in [3.05, 3.63) is 58.9 Å². The summed E-state index contributed by atoms with van der Waals surface area (Å²) in [4.78, 5) is 28.9. The standard InChI is InChI=1S/C19H17FN6O2/c1-9-15-13(26-19(21)23-9)7-12(24-17(15)27)10-5-3-4-6-11(10)14-8-22-16(20)18(25-14)28-2/h3-6,8,12H,7H2,1-2H3,(H,24,27)(H2,21,23,26)/i20-1. The van der Waals surface area contributed by atoms with Crippen LogP contribution in [-0.4, -0.2) is 33.0 Å². The summed E-state index contributed by atoms with van der Waals surface area (Å²) in [5.74, 6) is -1.11. The van der Waals surface area contributed by atoms with Gasteiger partial charge in [-0.2, -0.15) is 4.39 Å². The van der Waals surface area contributed by atoms with E-state index in [0.717, 1.165) is 5.56 Å². The second-order valence-corrected chi connectivity index (χ2v) is 6.36. The van der Waals surface area contributed by atoms with Crippen molar-refractivity contribution in [1.82, 2.24) is 25.3 Å². The molecular formula is C19H17FN6O2. The molecule has 4 rings (SSSR count). The highest BCUT2D eigenvalue weighted by Gasteiger charge is 2.30. The van der Waals surface area contributed by atoms with Gasteiger partial charge in [0.05, 0.1) is 42.0 Å². The fourth-order valence-electron chi connectivity index (χ4n) is 3.41. The number of amides is 1. The predicted octanol–water partition coefficient (Wildman–Crippen LogP) is 2.00. The van der Waals surface area contributed by atoms with E-state index in [4.69, 9.17) is 10.5 Å². The number of aromatic nitrogens is 4. The zero-order chi connectivity index (χ0) is 19.8. The number of anilines is 1. The van der Waals surface area contributed by atoms with Crippen LogP contribution in [0.5, 0.6) is 5.88 Å². The number of benzene rings is 1. The molecule has 1 amide bonds. The molecule has 0 saturated heterocycles. The molecule has 0 radical (unpaired) electrons. The Hall–Kier alpha value is -3.62. The number of nitrogens with zero attached hydrogens (tertiary/aromatic N) is 4. The highest BCUT2D eigenvalue weighted by atomic mass is 18.2. The molecule has 0 fully saturated rings. The van der Waals surface area contributed by atoms with Crippen LogP contribution in [-0.2, 0) is 6.42 Å². The van der Waals surface area contributed by atoms with Gasteiger partial charge in [0, 0.05) is 12.0 Å². The molecule has 1 aliphatic heterocycles. The van der Waals surface area contributed by atoms with Gasteiger partial charge in [0.15, 0.2) is 0 Å². The smallest absolute Gasteiger partial charge is 0.275 e. The van der Waals surface area contributed by atoms with E-state index in [1.165, 1.54) is 13.3 Å².